The van der Waals surface area contributed by atoms with Gasteiger partial charge in [0.1, 0.15) is 25.1 Å². The third kappa shape index (κ3) is 19.8. The van der Waals surface area contributed by atoms with Crippen LogP contribution < -0.4 is 0 Å². The van der Waals surface area contributed by atoms with E-state index in [9.17, 15) is 29.7 Å². The Morgan fingerprint density at radius 2 is 1.47 bits per heavy atom. The van der Waals surface area contributed by atoms with Crippen molar-refractivity contribution in [3.05, 3.63) is 24.3 Å². The molecule has 1 rings (SSSR count). The first-order valence-electron chi connectivity index (χ1n) is 16.8. The van der Waals surface area contributed by atoms with Crippen molar-refractivity contribution in [2.24, 2.45) is 17.8 Å². The van der Waals surface area contributed by atoms with Crippen LogP contribution in [-0.2, 0) is 23.9 Å². The van der Waals surface area contributed by atoms with Crippen LogP contribution in [0.4, 0.5) is 0 Å². The average Bonchev–Trinajstić information content (AvgIpc) is 3.23. The minimum Gasteiger partial charge on any atom is -0.463 e. The quantitative estimate of drug-likeness (QED) is 0.0617. The molecule has 5 atom stereocenters. The van der Waals surface area contributed by atoms with E-state index in [1.807, 2.05) is 12.2 Å². The molecule has 0 spiro atoms. The van der Waals surface area contributed by atoms with Crippen LogP contribution in [0.3, 0.4) is 0 Å². The molecule has 248 valence electrons. The van der Waals surface area contributed by atoms with Gasteiger partial charge in [-0.15, -0.1) is 0 Å². The first-order chi connectivity index (χ1) is 20.6. The lowest BCUT2D eigenvalue weighted by molar-refractivity contribution is -0.152. The van der Waals surface area contributed by atoms with Gasteiger partial charge in [0.25, 0.3) is 0 Å². The van der Waals surface area contributed by atoms with Crippen molar-refractivity contribution >= 4 is 17.7 Å². The second-order valence-corrected chi connectivity index (χ2v) is 12.5. The number of hydrogen-bond acceptors (Lipinski definition) is 8. The van der Waals surface area contributed by atoms with E-state index in [-0.39, 0.29) is 49.6 Å². The first kappa shape index (κ1) is 39.0. The summed E-state index contributed by atoms with van der Waals surface area (Å²) < 4.78 is 10.2. The van der Waals surface area contributed by atoms with Crippen LogP contribution in [0.1, 0.15) is 130 Å². The van der Waals surface area contributed by atoms with Gasteiger partial charge >= 0.3 is 11.9 Å². The molecule has 1 fully saturated rings. The number of esters is 2. The maximum absolute atomic E-state index is 12.4. The first-order valence-corrected chi connectivity index (χ1v) is 16.8. The minimum atomic E-state index is -1.05. The molecule has 0 aliphatic heterocycles. The second-order valence-electron chi connectivity index (χ2n) is 12.5. The maximum atomic E-state index is 12.4. The molecule has 0 aromatic carbocycles. The SMILES string of the molecule is CCCCC[C@H](O)/C=C/[C@H]1[C@H](O)CC(=O)[C@@H]1C/C=C\CCCC(=O)OC[C@@H](O)COC(=O)CCCCCCCCC(C)C. The molecule has 0 bridgehead atoms. The van der Waals surface area contributed by atoms with Crippen LogP contribution in [-0.4, -0.2) is 64.6 Å². The van der Waals surface area contributed by atoms with Gasteiger partial charge < -0.3 is 24.8 Å². The number of carbonyl (C=O) groups is 3. The van der Waals surface area contributed by atoms with Crippen molar-refractivity contribution in [2.75, 3.05) is 13.2 Å². The van der Waals surface area contributed by atoms with E-state index >= 15 is 0 Å². The molecule has 0 radical (unpaired) electrons. The fraction of sp³-hybridized carbons (Fsp3) is 0.800. The van der Waals surface area contributed by atoms with Gasteiger partial charge in [-0.05, 0) is 38.0 Å². The summed E-state index contributed by atoms with van der Waals surface area (Å²) >= 11 is 0. The van der Waals surface area contributed by atoms with Crippen LogP contribution in [0.25, 0.3) is 0 Å². The Morgan fingerprint density at radius 1 is 0.860 bits per heavy atom. The molecule has 8 heteroatoms. The molecule has 43 heavy (non-hydrogen) atoms. The highest BCUT2D eigenvalue weighted by molar-refractivity contribution is 5.84. The van der Waals surface area contributed by atoms with E-state index in [0.29, 0.717) is 32.1 Å². The van der Waals surface area contributed by atoms with Gasteiger partial charge in [0.05, 0.1) is 12.2 Å². The Hall–Kier alpha value is -2.03. The summed E-state index contributed by atoms with van der Waals surface area (Å²) in [6, 6.07) is 0. The third-order valence-electron chi connectivity index (χ3n) is 7.99. The van der Waals surface area contributed by atoms with Crippen LogP contribution in [0.5, 0.6) is 0 Å². The molecular weight excluding hydrogens is 548 g/mol. The van der Waals surface area contributed by atoms with Gasteiger partial charge in [0.2, 0.25) is 0 Å². The summed E-state index contributed by atoms with van der Waals surface area (Å²) in [6.45, 7) is 6.19. The summed E-state index contributed by atoms with van der Waals surface area (Å²) in [5.41, 5.74) is 0. The second kappa shape index (κ2) is 24.3. The van der Waals surface area contributed by atoms with Gasteiger partial charge in [-0.2, -0.15) is 0 Å². The average molecular weight is 609 g/mol. The monoisotopic (exact) mass is 608 g/mol. The van der Waals surface area contributed by atoms with Gasteiger partial charge in [-0.1, -0.05) is 103 Å². The van der Waals surface area contributed by atoms with Crippen LogP contribution in [0.15, 0.2) is 24.3 Å². The Morgan fingerprint density at radius 3 is 2.12 bits per heavy atom. The standard InChI is InChI=1S/C35H60O8/c1-4-5-12-18-28(36)22-23-31-30(32(38)24-33(31)39)19-14-10-11-16-21-35(41)43-26-29(37)25-42-34(40)20-15-9-7-6-8-13-17-27(2)3/h10,14,22-23,27-31,33,36-37,39H,4-9,11-13,15-21,24-26H2,1-3H3/b14-10-,23-22+/t28-,29-,30+,31+,33+/m0/s1. The molecule has 0 saturated heterocycles. The number of ether oxygens (including phenoxy) is 2. The van der Waals surface area contributed by atoms with Gasteiger partial charge in [-0.3, -0.25) is 14.4 Å². The highest BCUT2D eigenvalue weighted by Crippen LogP contribution is 2.33. The molecule has 8 nitrogen and oxygen atoms in total. The third-order valence-corrected chi connectivity index (χ3v) is 7.99. The van der Waals surface area contributed by atoms with Crippen molar-refractivity contribution in [2.45, 2.75) is 148 Å². The molecule has 1 saturated carbocycles. The predicted octanol–water partition coefficient (Wildman–Crippen LogP) is 6.39. The summed E-state index contributed by atoms with van der Waals surface area (Å²) in [7, 11) is 0. The Balaban J connectivity index is 2.15. The molecular formula is C35H60O8. The minimum absolute atomic E-state index is 0.0305. The van der Waals surface area contributed by atoms with Gasteiger partial charge in [0, 0.05) is 31.1 Å². The zero-order valence-electron chi connectivity index (χ0n) is 27.1. The molecule has 0 aromatic rings. The lowest BCUT2D eigenvalue weighted by Gasteiger charge is -2.16. The number of carbonyl (C=O) groups excluding carboxylic acids is 3. The van der Waals surface area contributed by atoms with E-state index in [1.165, 1.54) is 25.7 Å². The van der Waals surface area contributed by atoms with E-state index in [2.05, 4.69) is 20.8 Å². The van der Waals surface area contributed by atoms with Crippen molar-refractivity contribution in [1.82, 2.24) is 0 Å². The zero-order chi connectivity index (χ0) is 31.9. The van der Waals surface area contributed by atoms with E-state index in [1.54, 1.807) is 12.2 Å². The molecule has 0 aromatic heterocycles. The Bertz CT molecular complexity index is 821. The van der Waals surface area contributed by atoms with E-state index < -0.39 is 24.3 Å². The van der Waals surface area contributed by atoms with E-state index in [0.717, 1.165) is 44.4 Å². The molecule has 0 amide bonds. The highest BCUT2D eigenvalue weighted by Gasteiger charge is 2.39. The topological polar surface area (TPSA) is 130 Å². The summed E-state index contributed by atoms with van der Waals surface area (Å²) in [4.78, 5) is 36.3. The Labute approximate surface area is 260 Å². The van der Waals surface area contributed by atoms with Crippen LogP contribution in [0, 0.1) is 17.8 Å². The largest absolute Gasteiger partial charge is 0.463 e. The number of aliphatic hydroxyl groups is 3. The van der Waals surface area contributed by atoms with Gasteiger partial charge in [0.15, 0.2) is 0 Å². The number of hydrogen-bond donors (Lipinski definition) is 3. The van der Waals surface area contributed by atoms with E-state index in [4.69, 9.17) is 9.47 Å². The summed E-state index contributed by atoms with van der Waals surface area (Å²) in [5, 5.41) is 30.4. The highest BCUT2D eigenvalue weighted by atomic mass is 16.6. The Kier molecular flexibility index (Phi) is 22.0. The van der Waals surface area contributed by atoms with Crippen LogP contribution >= 0.6 is 0 Å². The number of ketones is 1. The fourth-order valence-corrected chi connectivity index (χ4v) is 5.31. The normalized spacial score (nSPS) is 20.3. The number of rotatable bonds is 25. The zero-order valence-corrected chi connectivity index (χ0v) is 27.1. The predicted molar refractivity (Wildman–Crippen MR) is 169 cm³/mol. The summed E-state index contributed by atoms with van der Waals surface area (Å²) in [6.07, 6.45) is 19.0. The lowest BCUT2D eigenvalue weighted by atomic mass is 9.90. The molecule has 1 aliphatic carbocycles. The lowest BCUT2D eigenvalue weighted by Crippen LogP contribution is -2.25. The molecule has 0 unspecified atom stereocenters. The number of allylic oxidation sites excluding steroid dienone is 2. The smallest absolute Gasteiger partial charge is 0.305 e. The molecule has 0 heterocycles. The molecule has 1 aliphatic rings. The number of Topliss-reactive ketones (excluding diaryl/α,β-unsaturated/α-hetero) is 1. The van der Waals surface area contributed by atoms with Crippen molar-refractivity contribution in [3.8, 4) is 0 Å². The van der Waals surface area contributed by atoms with Crippen molar-refractivity contribution in [1.29, 1.82) is 0 Å². The van der Waals surface area contributed by atoms with Gasteiger partial charge in [-0.25, -0.2) is 0 Å². The number of aliphatic hydroxyl groups excluding tert-OH is 3. The maximum Gasteiger partial charge on any atom is 0.305 e. The number of unbranched alkanes of at least 4 members (excludes halogenated alkanes) is 8. The fourth-order valence-electron chi connectivity index (χ4n) is 5.31. The van der Waals surface area contributed by atoms with Crippen LogP contribution in [0.2, 0.25) is 0 Å². The van der Waals surface area contributed by atoms with Crippen molar-refractivity contribution in [3.63, 3.8) is 0 Å². The molecule has 3 N–H and O–H groups in total. The summed E-state index contributed by atoms with van der Waals surface area (Å²) in [5.74, 6) is -0.590. The van der Waals surface area contributed by atoms with Crippen molar-refractivity contribution < 1.29 is 39.2 Å².